The van der Waals surface area contributed by atoms with E-state index in [1.54, 1.807) is 72.8 Å². The average molecular weight is 788 g/mol. The van der Waals surface area contributed by atoms with Crippen LogP contribution in [0.3, 0.4) is 0 Å². The number of fused-ring (bicyclic) bond motifs is 6. The summed E-state index contributed by atoms with van der Waals surface area (Å²) < 4.78 is 98.0. The molecule has 0 heterocycles. The van der Waals surface area contributed by atoms with E-state index in [0.29, 0.717) is 42.3 Å². The number of hydrogen-bond donors (Lipinski definition) is 0. The van der Waals surface area contributed by atoms with Gasteiger partial charge in [0, 0.05) is 42.0 Å². The van der Waals surface area contributed by atoms with Crippen molar-refractivity contribution >= 4 is 53.4 Å². The summed E-state index contributed by atoms with van der Waals surface area (Å²) in [7, 11) is 0. The van der Waals surface area contributed by atoms with Gasteiger partial charge in [-0.25, -0.2) is 0 Å². The molecule has 0 spiro atoms. The molecule has 0 saturated heterocycles. The zero-order valence-electron chi connectivity index (χ0n) is 25.2. The van der Waals surface area contributed by atoms with Gasteiger partial charge in [0.2, 0.25) is 0 Å². The van der Waals surface area contributed by atoms with Crippen molar-refractivity contribution in [2.45, 2.75) is 17.8 Å². The SMILES string of the molecule is FC1(F)c2c(c3c(-c4ccccc4)c(Br)c(-c4ccccc4)cc3c3cc(-c4ccccc4)c(Br)c(-c4ccccc4)c23)C(F)(F)C1(F)F. The Morgan fingerprint density at radius 1 is 0.388 bits per heavy atom. The van der Waals surface area contributed by atoms with Crippen LogP contribution in [-0.2, 0) is 11.8 Å². The molecule has 0 saturated carbocycles. The zero-order chi connectivity index (χ0) is 34.3. The van der Waals surface area contributed by atoms with E-state index in [0.717, 1.165) is 0 Å². The van der Waals surface area contributed by atoms with Crippen molar-refractivity contribution in [2.24, 2.45) is 0 Å². The first-order valence-electron chi connectivity index (χ1n) is 15.3. The highest BCUT2D eigenvalue weighted by atomic mass is 79.9. The molecular formula is C41H22Br2F6. The normalized spacial score (nSPS) is 15.8. The molecule has 1 aliphatic rings. The van der Waals surface area contributed by atoms with Gasteiger partial charge in [-0.15, -0.1) is 0 Å². The molecule has 0 aromatic heterocycles. The van der Waals surface area contributed by atoms with Crippen molar-refractivity contribution in [3.05, 3.63) is 154 Å². The second-order valence-electron chi connectivity index (χ2n) is 12.0. The Bertz CT molecular complexity index is 2240. The third-order valence-corrected chi connectivity index (χ3v) is 10.9. The highest BCUT2D eigenvalue weighted by molar-refractivity contribution is 9.11. The van der Waals surface area contributed by atoms with E-state index in [1.165, 1.54) is 0 Å². The van der Waals surface area contributed by atoms with E-state index < -0.39 is 28.9 Å². The lowest BCUT2D eigenvalue weighted by Crippen LogP contribution is -2.43. The first-order valence-corrected chi connectivity index (χ1v) is 16.9. The summed E-state index contributed by atoms with van der Waals surface area (Å²) in [5, 5.41) is -0.431. The minimum Gasteiger partial charge on any atom is -0.194 e. The molecule has 1 aliphatic carbocycles. The van der Waals surface area contributed by atoms with E-state index in [-0.39, 0.29) is 32.7 Å². The Hall–Kier alpha value is -4.40. The van der Waals surface area contributed by atoms with E-state index in [9.17, 15) is 0 Å². The monoisotopic (exact) mass is 786 g/mol. The van der Waals surface area contributed by atoms with Crippen LogP contribution in [0.2, 0.25) is 0 Å². The fourth-order valence-electron chi connectivity index (χ4n) is 7.06. The first kappa shape index (κ1) is 31.8. The highest BCUT2D eigenvalue weighted by Gasteiger charge is 2.80. The largest absolute Gasteiger partial charge is 0.380 e. The molecular weight excluding hydrogens is 766 g/mol. The molecule has 7 aromatic carbocycles. The topological polar surface area (TPSA) is 0 Å². The predicted octanol–water partition coefficient (Wildman–Crippen LogP) is 14.0. The quantitative estimate of drug-likeness (QED) is 0.123. The van der Waals surface area contributed by atoms with Crippen molar-refractivity contribution in [1.29, 1.82) is 0 Å². The molecule has 0 nitrogen and oxygen atoms in total. The van der Waals surface area contributed by atoms with Crippen LogP contribution in [0.1, 0.15) is 11.1 Å². The van der Waals surface area contributed by atoms with Gasteiger partial charge in [0.05, 0.1) is 0 Å². The second-order valence-corrected chi connectivity index (χ2v) is 13.6. The molecule has 7 aromatic rings. The number of rotatable bonds is 4. The van der Waals surface area contributed by atoms with E-state index in [2.05, 4.69) is 31.9 Å². The molecule has 0 amide bonds. The van der Waals surface area contributed by atoms with Gasteiger partial charge >= 0.3 is 17.8 Å². The number of hydrogen-bond acceptors (Lipinski definition) is 0. The van der Waals surface area contributed by atoms with Crippen molar-refractivity contribution in [3.63, 3.8) is 0 Å². The lowest BCUT2D eigenvalue weighted by atomic mass is 9.82. The Labute approximate surface area is 294 Å². The Morgan fingerprint density at radius 3 is 0.980 bits per heavy atom. The van der Waals surface area contributed by atoms with Crippen LogP contribution in [-0.4, -0.2) is 5.92 Å². The van der Waals surface area contributed by atoms with Gasteiger partial charge < -0.3 is 0 Å². The smallest absolute Gasteiger partial charge is 0.194 e. The predicted molar refractivity (Wildman–Crippen MR) is 191 cm³/mol. The van der Waals surface area contributed by atoms with Crippen molar-refractivity contribution in [2.75, 3.05) is 0 Å². The summed E-state index contributed by atoms with van der Waals surface area (Å²) >= 11 is 7.26. The summed E-state index contributed by atoms with van der Waals surface area (Å²) in [5.41, 5.74) is 0.885. The Kier molecular flexibility index (Phi) is 7.36. The molecule has 0 fully saturated rings. The van der Waals surface area contributed by atoms with Gasteiger partial charge in [0.25, 0.3) is 0 Å². The summed E-state index contributed by atoms with van der Waals surface area (Å²) in [6, 6.07) is 38.4. The number of alkyl halides is 6. The van der Waals surface area contributed by atoms with E-state index in [1.807, 2.05) is 60.7 Å². The minimum absolute atomic E-state index is 0.119. The molecule has 0 radical (unpaired) electrons. The van der Waals surface area contributed by atoms with Crippen LogP contribution >= 0.6 is 31.9 Å². The van der Waals surface area contributed by atoms with Crippen LogP contribution in [0, 0.1) is 0 Å². The average Bonchev–Trinajstić information content (AvgIpc) is 3.22. The van der Waals surface area contributed by atoms with Crippen LogP contribution < -0.4 is 0 Å². The molecule has 0 N–H and O–H groups in total. The molecule has 0 bridgehead atoms. The van der Waals surface area contributed by atoms with Crippen LogP contribution in [0.15, 0.2) is 142 Å². The maximum Gasteiger partial charge on any atom is 0.380 e. The maximum atomic E-state index is 16.4. The zero-order valence-corrected chi connectivity index (χ0v) is 28.4. The number of benzene rings is 7. The summed E-state index contributed by atoms with van der Waals surface area (Å²) in [5.74, 6) is -16.2. The molecule has 8 rings (SSSR count). The van der Waals surface area contributed by atoms with Gasteiger partial charge in [0.1, 0.15) is 0 Å². The summed E-state index contributed by atoms with van der Waals surface area (Å²) in [6.07, 6.45) is 0. The molecule has 49 heavy (non-hydrogen) atoms. The first-order chi connectivity index (χ1) is 23.5. The van der Waals surface area contributed by atoms with E-state index >= 15 is 26.3 Å². The summed E-state index contributed by atoms with van der Waals surface area (Å²) in [4.78, 5) is 0. The fraction of sp³-hybridized carbons (Fsp3) is 0.0732. The molecule has 0 aliphatic heterocycles. The third-order valence-electron chi connectivity index (χ3n) is 9.28. The van der Waals surface area contributed by atoms with Crippen LogP contribution in [0.5, 0.6) is 0 Å². The van der Waals surface area contributed by atoms with Crippen LogP contribution in [0.25, 0.3) is 66.1 Å². The molecule has 8 heteroatoms. The van der Waals surface area contributed by atoms with Gasteiger partial charge in [-0.3, -0.25) is 0 Å². The Morgan fingerprint density at radius 2 is 0.673 bits per heavy atom. The van der Waals surface area contributed by atoms with Gasteiger partial charge in [-0.05, 0) is 88.1 Å². The number of halogens is 8. The highest BCUT2D eigenvalue weighted by Crippen LogP contribution is 2.68. The van der Waals surface area contributed by atoms with Crippen molar-refractivity contribution in [1.82, 2.24) is 0 Å². The van der Waals surface area contributed by atoms with Crippen molar-refractivity contribution < 1.29 is 26.3 Å². The van der Waals surface area contributed by atoms with E-state index in [4.69, 9.17) is 0 Å². The van der Waals surface area contributed by atoms with Gasteiger partial charge in [-0.1, -0.05) is 121 Å². The molecule has 0 atom stereocenters. The van der Waals surface area contributed by atoms with Crippen LogP contribution in [0.4, 0.5) is 26.3 Å². The molecule has 0 unspecified atom stereocenters. The second kappa shape index (κ2) is 11.3. The maximum absolute atomic E-state index is 16.4. The lowest BCUT2D eigenvalue weighted by molar-refractivity contribution is -0.301. The lowest BCUT2D eigenvalue weighted by Gasteiger charge is -2.24. The Balaban J connectivity index is 1.73. The third kappa shape index (κ3) is 4.49. The van der Waals surface area contributed by atoms with Crippen molar-refractivity contribution in [3.8, 4) is 44.5 Å². The standard InChI is InChI=1S/C41H22Br2F6/c42-37-27(23-13-5-1-6-14-23)21-29-30-22-28(24-15-7-2-8-16-24)38(43)32(26-19-11-4-12-20-26)34(30)36-35(39(44,45)41(48,49)40(36,46)47)33(29)31(37)25-17-9-3-10-18-25/h1-22H. The van der Waals surface area contributed by atoms with Gasteiger partial charge in [0.15, 0.2) is 0 Å². The minimum atomic E-state index is -5.72. The molecule has 242 valence electrons. The van der Waals surface area contributed by atoms with Gasteiger partial charge in [-0.2, -0.15) is 26.3 Å². The summed E-state index contributed by atoms with van der Waals surface area (Å²) in [6.45, 7) is 0. The fourth-order valence-corrected chi connectivity index (χ4v) is 8.60.